The van der Waals surface area contributed by atoms with Crippen molar-refractivity contribution in [2.45, 2.75) is 77.7 Å². The molecule has 0 spiro atoms. The number of rotatable bonds is 2. The molecule has 18 heavy (non-hydrogen) atoms. The van der Waals surface area contributed by atoms with Crippen molar-refractivity contribution < 1.29 is 9.53 Å². The molecule has 104 valence electrons. The van der Waals surface area contributed by atoms with Crippen molar-refractivity contribution in [1.82, 2.24) is 0 Å². The van der Waals surface area contributed by atoms with Gasteiger partial charge in [-0.15, -0.1) is 0 Å². The average Bonchev–Trinajstić information content (AvgIpc) is 3.07. The van der Waals surface area contributed by atoms with Crippen molar-refractivity contribution >= 4 is 5.97 Å². The highest BCUT2D eigenvalue weighted by molar-refractivity contribution is 5.74. The van der Waals surface area contributed by atoms with Crippen molar-refractivity contribution in [1.29, 1.82) is 0 Å². The molecule has 3 aliphatic rings. The summed E-state index contributed by atoms with van der Waals surface area (Å²) in [5.41, 5.74) is -0.126. The predicted molar refractivity (Wildman–Crippen MR) is 73.3 cm³/mol. The minimum atomic E-state index is -0.126. The number of hydrogen-bond acceptors (Lipinski definition) is 2. The molecule has 3 atom stereocenters. The zero-order valence-electron chi connectivity index (χ0n) is 12.2. The molecule has 0 aliphatic heterocycles. The molecule has 2 heteroatoms. The molecule has 2 nitrogen and oxygen atoms in total. The molecular weight excluding hydrogens is 224 g/mol. The van der Waals surface area contributed by atoms with Gasteiger partial charge in [0.1, 0.15) is 5.60 Å². The van der Waals surface area contributed by atoms with E-state index in [4.69, 9.17) is 4.74 Å². The summed E-state index contributed by atoms with van der Waals surface area (Å²) in [7, 11) is 0. The van der Waals surface area contributed by atoms with E-state index in [0.29, 0.717) is 5.92 Å². The van der Waals surface area contributed by atoms with Gasteiger partial charge < -0.3 is 4.74 Å². The number of hydrogen-bond donors (Lipinski definition) is 0. The molecule has 0 radical (unpaired) electrons. The van der Waals surface area contributed by atoms with E-state index in [1.807, 2.05) is 13.8 Å². The van der Waals surface area contributed by atoms with E-state index < -0.39 is 0 Å². The van der Waals surface area contributed by atoms with Crippen molar-refractivity contribution in [3.8, 4) is 0 Å². The van der Waals surface area contributed by atoms with Gasteiger partial charge in [-0.2, -0.15) is 0 Å². The first-order valence-electron chi connectivity index (χ1n) is 7.89. The molecule has 0 aromatic heterocycles. The molecule has 0 aromatic rings. The monoisotopic (exact) mass is 252 g/mol. The van der Waals surface area contributed by atoms with Gasteiger partial charge in [0.25, 0.3) is 0 Å². The van der Waals surface area contributed by atoms with Crippen LogP contribution in [0, 0.1) is 17.8 Å². The topological polar surface area (TPSA) is 26.3 Å². The van der Waals surface area contributed by atoms with Crippen LogP contribution >= 0.6 is 0 Å². The molecule has 3 rings (SSSR count). The van der Waals surface area contributed by atoms with E-state index in [9.17, 15) is 4.79 Å². The van der Waals surface area contributed by atoms with Crippen LogP contribution in [0.15, 0.2) is 0 Å². The third-order valence-electron chi connectivity index (χ3n) is 5.05. The van der Waals surface area contributed by atoms with Crippen LogP contribution < -0.4 is 0 Å². The quantitative estimate of drug-likeness (QED) is 0.684. The Bertz CT molecular complexity index is 291. The number of esters is 1. The van der Waals surface area contributed by atoms with Crippen LogP contribution in [0.3, 0.4) is 0 Å². The number of carbonyl (C=O) groups is 1. The molecule has 3 unspecified atom stereocenters. The second-order valence-electron chi connectivity index (χ2n) is 6.36. The fourth-order valence-corrected chi connectivity index (χ4v) is 4.08. The minimum absolute atomic E-state index is 0.122. The fraction of sp³-hybridized carbons (Fsp3) is 0.938. The van der Waals surface area contributed by atoms with Crippen molar-refractivity contribution in [3.63, 3.8) is 0 Å². The van der Waals surface area contributed by atoms with Crippen LogP contribution in [0.2, 0.25) is 0 Å². The summed E-state index contributed by atoms with van der Waals surface area (Å²) < 4.78 is 5.80. The van der Waals surface area contributed by atoms with E-state index in [-0.39, 0.29) is 17.5 Å². The lowest BCUT2D eigenvalue weighted by molar-refractivity contribution is -0.164. The van der Waals surface area contributed by atoms with Gasteiger partial charge >= 0.3 is 5.97 Å². The zero-order valence-corrected chi connectivity index (χ0v) is 12.2. The van der Waals surface area contributed by atoms with Crippen LogP contribution in [0.25, 0.3) is 0 Å². The molecule has 0 saturated heterocycles. The fourth-order valence-electron chi connectivity index (χ4n) is 4.08. The van der Waals surface area contributed by atoms with Crippen molar-refractivity contribution in [2.75, 3.05) is 0 Å². The normalized spacial score (nSPS) is 36.1. The Labute approximate surface area is 111 Å². The third kappa shape index (κ3) is 2.73. The molecule has 0 N–H and O–H groups in total. The first-order valence-corrected chi connectivity index (χ1v) is 7.89. The first kappa shape index (κ1) is 13.9. The summed E-state index contributed by atoms with van der Waals surface area (Å²) in [6.45, 7) is 6.12. The van der Waals surface area contributed by atoms with Gasteiger partial charge in [0.2, 0.25) is 0 Å². The SMILES string of the molecule is CC.CC1(OC(=O)C2CC3CCC2C3)CCCC1. The lowest BCUT2D eigenvalue weighted by Gasteiger charge is -2.28. The van der Waals surface area contributed by atoms with E-state index in [1.54, 1.807) is 0 Å². The zero-order chi connectivity index (χ0) is 13.2. The Morgan fingerprint density at radius 2 is 1.78 bits per heavy atom. The smallest absolute Gasteiger partial charge is 0.309 e. The van der Waals surface area contributed by atoms with Gasteiger partial charge in [-0.25, -0.2) is 0 Å². The Kier molecular flexibility index (Phi) is 4.34. The Hall–Kier alpha value is -0.530. The highest BCUT2D eigenvalue weighted by Gasteiger charge is 2.45. The Morgan fingerprint density at radius 1 is 1.11 bits per heavy atom. The van der Waals surface area contributed by atoms with Gasteiger partial charge in [0.05, 0.1) is 5.92 Å². The highest BCUT2D eigenvalue weighted by Crippen LogP contribution is 2.49. The Balaban J connectivity index is 0.000000574. The lowest BCUT2D eigenvalue weighted by atomic mass is 9.89. The second kappa shape index (κ2) is 5.63. The lowest BCUT2D eigenvalue weighted by Crippen LogP contribution is -2.33. The minimum Gasteiger partial charge on any atom is -0.459 e. The molecule has 3 fully saturated rings. The van der Waals surface area contributed by atoms with Crippen LogP contribution in [0.5, 0.6) is 0 Å². The van der Waals surface area contributed by atoms with Crippen molar-refractivity contribution in [3.05, 3.63) is 0 Å². The number of ether oxygens (including phenoxy) is 1. The van der Waals surface area contributed by atoms with Crippen molar-refractivity contribution in [2.24, 2.45) is 17.8 Å². The van der Waals surface area contributed by atoms with E-state index in [2.05, 4.69) is 6.92 Å². The van der Waals surface area contributed by atoms with Gasteiger partial charge in [0, 0.05) is 0 Å². The predicted octanol–water partition coefficient (Wildman–Crippen LogP) is 4.32. The number of fused-ring (bicyclic) bond motifs is 2. The largest absolute Gasteiger partial charge is 0.459 e. The molecular formula is C16H28O2. The second-order valence-corrected chi connectivity index (χ2v) is 6.36. The summed E-state index contributed by atoms with van der Waals surface area (Å²) in [4.78, 5) is 12.2. The van der Waals surface area contributed by atoms with Crippen LogP contribution in [0.1, 0.15) is 72.1 Å². The summed E-state index contributed by atoms with van der Waals surface area (Å²) in [5.74, 6) is 1.86. The molecule has 0 amide bonds. The first-order chi connectivity index (χ1) is 8.66. The maximum absolute atomic E-state index is 12.2. The standard InChI is InChI=1S/C14H22O2.C2H6/c1-14(6-2-3-7-14)16-13(15)12-9-10-4-5-11(12)8-10;1-2/h10-12H,2-9H2,1H3;1-2H3. The van der Waals surface area contributed by atoms with Gasteiger partial charge in [-0.1, -0.05) is 20.3 Å². The van der Waals surface area contributed by atoms with E-state index >= 15 is 0 Å². The van der Waals surface area contributed by atoms with Crippen LogP contribution in [-0.4, -0.2) is 11.6 Å². The van der Waals surface area contributed by atoms with Crippen LogP contribution in [-0.2, 0) is 9.53 Å². The van der Waals surface area contributed by atoms with Crippen LogP contribution in [0.4, 0.5) is 0 Å². The molecule has 3 saturated carbocycles. The van der Waals surface area contributed by atoms with E-state index in [0.717, 1.165) is 25.2 Å². The summed E-state index contributed by atoms with van der Waals surface area (Å²) >= 11 is 0. The molecule has 2 bridgehead atoms. The average molecular weight is 252 g/mol. The van der Waals surface area contributed by atoms with E-state index in [1.165, 1.54) is 32.1 Å². The summed E-state index contributed by atoms with van der Waals surface area (Å²) in [6, 6.07) is 0. The van der Waals surface area contributed by atoms with Gasteiger partial charge in [0.15, 0.2) is 0 Å². The molecule has 0 heterocycles. The van der Waals surface area contributed by atoms with Gasteiger partial charge in [-0.3, -0.25) is 4.79 Å². The maximum Gasteiger partial charge on any atom is 0.309 e. The summed E-state index contributed by atoms with van der Waals surface area (Å²) in [6.07, 6.45) is 9.60. The Morgan fingerprint density at radius 3 is 2.28 bits per heavy atom. The summed E-state index contributed by atoms with van der Waals surface area (Å²) in [5, 5.41) is 0. The highest BCUT2D eigenvalue weighted by atomic mass is 16.6. The maximum atomic E-state index is 12.2. The molecule has 0 aromatic carbocycles. The third-order valence-corrected chi connectivity index (χ3v) is 5.05. The van der Waals surface area contributed by atoms with Gasteiger partial charge in [-0.05, 0) is 63.7 Å². The number of carbonyl (C=O) groups excluding carboxylic acids is 1. The molecule has 3 aliphatic carbocycles.